The van der Waals surface area contributed by atoms with Crippen LogP contribution in [0.3, 0.4) is 0 Å². The molecule has 0 aliphatic carbocycles. The van der Waals surface area contributed by atoms with Crippen molar-refractivity contribution in [1.82, 2.24) is 4.98 Å². The van der Waals surface area contributed by atoms with Crippen molar-refractivity contribution in [3.63, 3.8) is 0 Å². The first-order chi connectivity index (χ1) is 13.7. The lowest BCUT2D eigenvalue weighted by molar-refractivity contribution is -0.123. The van der Waals surface area contributed by atoms with Gasteiger partial charge < -0.3 is 14.8 Å². The molecule has 0 saturated carbocycles. The summed E-state index contributed by atoms with van der Waals surface area (Å²) in [5, 5.41) is 3.31. The summed E-state index contributed by atoms with van der Waals surface area (Å²) in [6.45, 7) is 5.46. The monoisotopic (exact) mass is 437 g/mol. The number of amides is 2. The van der Waals surface area contributed by atoms with E-state index in [1.54, 1.807) is 25.1 Å². The summed E-state index contributed by atoms with van der Waals surface area (Å²) >= 11 is 7.04. The Kier molecular flexibility index (Phi) is 6.39. The summed E-state index contributed by atoms with van der Waals surface area (Å²) in [4.78, 5) is 42.7. The molecule has 0 saturated heterocycles. The number of hydrogen-bond acceptors (Lipinski definition) is 7. The average molecular weight is 438 g/mol. The first-order valence-electron chi connectivity index (χ1n) is 8.91. The summed E-state index contributed by atoms with van der Waals surface area (Å²) in [6, 6.07) is 4.86. The average Bonchev–Trinajstić information content (AvgIpc) is 3.02. The first kappa shape index (κ1) is 21.1. The van der Waals surface area contributed by atoms with Crippen LogP contribution in [-0.4, -0.2) is 42.5 Å². The van der Waals surface area contributed by atoms with E-state index >= 15 is 0 Å². The molecule has 1 aliphatic heterocycles. The molecule has 0 unspecified atom stereocenters. The highest BCUT2D eigenvalue weighted by Crippen LogP contribution is 2.34. The van der Waals surface area contributed by atoms with Crippen LogP contribution in [-0.2, 0) is 14.3 Å². The van der Waals surface area contributed by atoms with Crippen LogP contribution in [0.2, 0.25) is 5.02 Å². The minimum Gasteiger partial charge on any atom is -0.482 e. The molecule has 0 radical (unpaired) electrons. The summed E-state index contributed by atoms with van der Waals surface area (Å²) in [5.41, 5.74) is 0.899. The number of carbonyl (C=O) groups excluding carboxylic acids is 3. The standard InChI is InChI=1S/C19H20ClN3O5S/c1-10(2)8-28-18(26)17-11(3)21-19(29-17)22-15(24)7-23-13-6-12(20)4-5-14(13)27-9-16(23)25/h4-6,10H,7-9H2,1-3H3,(H,21,22,24). The van der Waals surface area contributed by atoms with Crippen molar-refractivity contribution in [2.24, 2.45) is 5.92 Å². The van der Waals surface area contributed by atoms with Crippen LogP contribution in [0.4, 0.5) is 10.8 Å². The van der Waals surface area contributed by atoms with Gasteiger partial charge in [-0.05, 0) is 31.0 Å². The summed E-state index contributed by atoms with van der Waals surface area (Å²) in [7, 11) is 0. The molecule has 0 atom stereocenters. The number of benzene rings is 1. The molecule has 3 rings (SSSR count). The second-order valence-electron chi connectivity index (χ2n) is 6.85. The Labute approximate surface area is 176 Å². The maximum Gasteiger partial charge on any atom is 0.350 e. The zero-order valence-electron chi connectivity index (χ0n) is 16.2. The lowest BCUT2D eigenvalue weighted by atomic mass is 10.2. The van der Waals surface area contributed by atoms with E-state index < -0.39 is 11.9 Å². The summed E-state index contributed by atoms with van der Waals surface area (Å²) in [6.07, 6.45) is 0. The third-order valence-corrected chi connectivity index (χ3v) is 5.23. The molecule has 2 amide bonds. The van der Waals surface area contributed by atoms with Crippen LogP contribution in [0, 0.1) is 12.8 Å². The molecule has 1 aliphatic rings. The van der Waals surface area contributed by atoms with Gasteiger partial charge in [0.2, 0.25) is 5.91 Å². The molecular formula is C19H20ClN3O5S. The number of aromatic nitrogens is 1. The molecule has 10 heteroatoms. The second-order valence-corrected chi connectivity index (χ2v) is 8.29. The van der Waals surface area contributed by atoms with Gasteiger partial charge in [0.15, 0.2) is 11.7 Å². The van der Waals surface area contributed by atoms with Crippen molar-refractivity contribution in [2.45, 2.75) is 20.8 Å². The van der Waals surface area contributed by atoms with Crippen LogP contribution < -0.4 is 15.0 Å². The number of carbonyl (C=O) groups is 3. The Hall–Kier alpha value is -2.65. The van der Waals surface area contributed by atoms with Crippen molar-refractivity contribution in [2.75, 3.05) is 30.0 Å². The van der Waals surface area contributed by atoms with E-state index in [-0.39, 0.29) is 30.1 Å². The molecule has 2 aromatic rings. The summed E-state index contributed by atoms with van der Waals surface area (Å²) in [5.74, 6) is -0.595. The number of rotatable bonds is 6. The lowest BCUT2D eigenvalue weighted by Gasteiger charge is -2.28. The molecule has 0 bridgehead atoms. The maximum atomic E-state index is 12.5. The van der Waals surface area contributed by atoms with Gasteiger partial charge in [-0.3, -0.25) is 14.5 Å². The predicted molar refractivity (Wildman–Crippen MR) is 110 cm³/mol. The number of nitrogens with zero attached hydrogens (tertiary/aromatic N) is 2. The van der Waals surface area contributed by atoms with E-state index in [9.17, 15) is 14.4 Å². The topological polar surface area (TPSA) is 97.8 Å². The molecule has 2 heterocycles. The number of nitrogens with one attached hydrogen (secondary N) is 1. The lowest BCUT2D eigenvalue weighted by Crippen LogP contribution is -2.43. The van der Waals surface area contributed by atoms with Crippen LogP contribution in [0.25, 0.3) is 0 Å². The van der Waals surface area contributed by atoms with Gasteiger partial charge >= 0.3 is 5.97 Å². The Bertz CT molecular complexity index is 959. The van der Waals surface area contributed by atoms with Gasteiger partial charge in [-0.15, -0.1) is 0 Å². The molecular weight excluding hydrogens is 418 g/mol. The zero-order valence-corrected chi connectivity index (χ0v) is 17.7. The molecule has 0 fully saturated rings. The summed E-state index contributed by atoms with van der Waals surface area (Å²) < 4.78 is 10.6. The van der Waals surface area contributed by atoms with Crippen LogP contribution in [0.1, 0.15) is 29.2 Å². The first-order valence-corrected chi connectivity index (χ1v) is 10.1. The van der Waals surface area contributed by atoms with Crippen LogP contribution >= 0.6 is 22.9 Å². The van der Waals surface area contributed by atoms with E-state index in [4.69, 9.17) is 21.1 Å². The van der Waals surface area contributed by atoms with E-state index in [2.05, 4.69) is 10.3 Å². The number of esters is 1. The maximum absolute atomic E-state index is 12.5. The van der Waals surface area contributed by atoms with E-state index in [0.29, 0.717) is 33.6 Å². The molecule has 1 aromatic carbocycles. The van der Waals surface area contributed by atoms with Gasteiger partial charge in [0, 0.05) is 5.02 Å². The molecule has 154 valence electrons. The van der Waals surface area contributed by atoms with Crippen molar-refractivity contribution in [1.29, 1.82) is 0 Å². The Morgan fingerprint density at radius 3 is 2.90 bits per heavy atom. The Balaban J connectivity index is 1.69. The molecule has 29 heavy (non-hydrogen) atoms. The highest BCUT2D eigenvalue weighted by molar-refractivity contribution is 7.17. The Morgan fingerprint density at radius 2 is 2.17 bits per heavy atom. The number of aryl methyl sites for hydroxylation is 1. The highest BCUT2D eigenvalue weighted by Gasteiger charge is 2.28. The van der Waals surface area contributed by atoms with Crippen LogP contribution in [0.5, 0.6) is 5.75 Å². The van der Waals surface area contributed by atoms with Gasteiger partial charge in [-0.25, -0.2) is 9.78 Å². The molecule has 0 spiro atoms. The van der Waals surface area contributed by atoms with Crippen molar-refractivity contribution in [3.05, 3.63) is 33.8 Å². The third kappa shape index (κ3) is 5.04. The number of anilines is 2. The predicted octanol–water partition coefficient (Wildman–Crippen LogP) is 3.28. The minimum atomic E-state index is -0.471. The number of fused-ring (bicyclic) bond motifs is 1. The van der Waals surface area contributed by atoms with E-state index in [0.717, 1.165) is 11.3 Å². The SMILES string of the molecule is Cc1nc(NC(=O)CN2C(=O)COc3ccc(Cl)cc32)sc1C(=O)OCC(C)C. The quantitative estimate of drug-likeness (QED) is 0.696. The van der Waals surface area contributed by atoms with Gasteiger partial charge in [0.05, 0.1) is 18.0 Å². The van der Waals surface area contributed by atoms with Gasteiger partial charge in [0.1, 0.15) is 17.2 Å². The van der Waals surface area contributed by atoms with Gasteiger partial charge in [-0.2, -0.15) is 0 Å². The molecule has 1 N–H and O–H groups in total. The normalized spacial score (nSPS) is 13.1. The number of halogens is 1. The zero-order chi connectivity index (χ0) is 21.1. The van der Waals surface area contributed by atoms with Crippen molar-refractivity contribution < 1.29 is 23.9 Å². The largest absolute Gasteiger partial charge is 0.482 e. The number of thiazole rings is 1. The van der Waals surface area contributed by atoms with Gasteiger partial charge in [0.25, 0.3) is 5.91 Å². The van der Waals surface area contributed by atoms with E-state index in [1.165, 1.54) is 4.90 Å². The highest BCUT2D eigenvalue weighted by atomic mass is 35.5. The third-order valence-electron chi connectivity index (χ3n) is 3.94. The van der Waals surface area contributed by atoms with E-state index in [1.807, 2.05) is 13.8 Å². The Morgan fingerprint density at radius 1 is 1.41 bits per heavy atom. The minimum absolute atomic E-state index is 0.163. The fraction of sp³-hybridized carbons (Fsp3) is 0.368. The molecule has 8 nitrogen and oxygen atoms in total. The number of hydrogen-bond donors (Lipinski definition) is 1. The van der Waals surface area contributed by atoms with Crippen molar-refractivity contribution >= 4 is 51.5 Å². The molecule has 1 aromatic heterocycles. The van der Waals surface area contributed by atoms with Crippen LogP contribution in [0.15, 0.2) is 18.2 Å². The fourth-order valence-corrected chi connectivity index (χ4v) is 3.64. The number of ether oxygens (including phenoxy) is 2. The smallest absolute Gasteiger partial charge is 0.350 e. The van der Waals surface area contributed by atoms with Crippen molar-refractivity contribution in [3.8, 4) is 5.75 Å². The fourth-order valence-electron chi connectivity index (χ4n) is 2.60. The second kappa shape index (κ2) is 8.79. The van der Waals surface area contributed by atoms with Gasteiger partial charge in [-0.1, -0.05) is 36.8 Å².